The third-order valence-electron chi connectivity index (χ3n) is 4.45. The minimum Gasteiger partial charge on any atom is -0.322 e. The largest absolute Gasteiger partial charge is 0.322 e. The molecule has 0 aliphatic carbocycles. The first-order valence-electron chi connectivity index (χ1n) is 8.80. The fourth-order valence-corrected chi connectivity index (χ4v) is 3.20. The van der Waals surface area contributed by atoms with E-state index in [2.05, 4.69) is 5.32 Å². The Balaban J connectivity index is 1.83. The van der Waals surface area contributed by atoms with Crippen LogP contribution in [-0.4, -0.2) is 29.2 Å². The summed E-state index contributed by atoms with van der Waals surface area (Å²) in [5, 5.41) is 2.85. The Labute approximate surface area is 153 Å². The zero-order chi connectivity index (χ0) is 18.8. The van der Waals surface area contributed by atoms with Crippen molar-refractivity contribution >= 4 is 23.4 Å². The second-order valence-electron chi connectivity index (χ2n) is 6.71. The van der Waals surface area contributed by atoms with Crippen LogP contribution in [0.1, 0.15) is 62.0 Å². The van der Waals surface area contributed by atoms with E-state index in [4.69, 9.17) is 0 Å². The fraction of sp³-hybridized carbons (Fsp3) is 0.286. The van der Waals surface area contributed by atoms with Gasteiger partial charge in [0, 0.05) is 17.8 Å². The number of fused-ring (bicyclic) bond motifs is 1. The molecular formula is C21H22N2O3. The van der Waals surface area contributed by atoms with Crippen molar-refractivity contribution < 1.29 is 14.4 Å². The topological polar surface area (TPSA) is 66.5 Å². The van der Waals surface area contributed by atoms with Crippen molar-refractivity contribution in [1.82, 2.24) is 4.90 Å². The van der Waals surface area contributed by atoms with Crippen LogP contribution in [0.5, 0.6) is 0 Å². The number of hydrogen-bond donors (Lipinski definition) is 1. The number of carbonyl (C=O) groups is 3. The van der Waals surface area contributed by atoms with Crippen molar-refractivity contribution in [2.45, 2.75) is 33.6 Å². The summed E-state index contributed by atoms with van der Waals surface area (Å²) in [6.07, 6.45) is 1.67. The van der Waals surface area contributed by atoms with Crippen molar-refractivity contribution in [3.05, 3.63) is 64.2 Å². The lowest BCUT2D eigenvalue weighted by Crippen LogP contribution is -2.30. The van der Waals surface area contributed by atoms with E-state index in [9.17, 15) is 14.4 Å². The van der Waals surface area contributed by atoms with Crippen molar-refractivity contribution in [3.63, 3.8) is 0 Å². The van der Waals surface area contributed by atoms with Gasteiger partial charge in [-0.05, 0) is 61.7 Å². The summed E-state index contributed by atoms with van der Waals surface area (Å²) in [5.74, 6) is -0.899. The van der Waals surface area contributed by atoms with E-state index in [0.717, 1.165) is 24.0 Å². The SMILES string of the molecule is CCCCN1C(=O)c2ccc(C(=O)Nc3cc(C)cc(C)c3)cc2C1=O. The summed E-state index contributed by atoms with van der Waals surface area (Å²) in [7, 11) is 0. The highest BCUT2D eigenvalue weighted by Gasteiger charge is 2.35. The zero-order valence-corrected chi connectivity index (χ0v) is 15.3. The van der Waals surface area contributed by atoms with E-state index < -0.39 is 0 Å². The van der Waals surface area contributed by atoms with Gasteiger partial charge in [0.1, 0.15) is 0 Å². The van der Waals surface area contributed by atoms with Crippen molar-refractivity contribution in [2.75, 3.05) is 11.9 Å². The quantitative estimate of drug-likeness (QED) is 0.830. The molecule has 134 valence electrons. The zero-order valence-electron chi connectivity index (χ0n) is 15.3. The van der Waals surface area contributed by atoms with Gasteiger partial charge >= 0.3 is 0 Å². The third kappa shape index (κ3) is 3.38. The minimum atomic E-state index is -0.320. The molecule has 0 bridgehead atoms. The number of hydrogen-bond acceptors (Lipinski definition) is 3. The number of benzene rings is 2. The molecule has 3 amide bonds. The van der Waals surface area contributed by atoms with E-state index in [0.29, 0.717) is 28.9 Å². The number of aryl methyl sites for hydroxylation is 2. The summed E-state index contributed by atoms with van der Waals surface area (Å²) in [4.78, 5) is 38.7. The second-order valence-corrected chi connectivity index (χ2v) is 6.71. The fourth-order valence-electron chi connectivity index (χ4n) is 3.20. The summed E-state index contributed by atoms with van der Waals surface area (Å²) < 4.78 is 0. The second kappa shape index (κ2) is 7.12. The first-order chi connectivity index (χ1) is 12.4. The van der Waals surface area contributed by atoms with Gasteiger partial charge in [-0.15, -0.1) is 0 Å². The van der Waals surface area contributed by atoms with Gasteiger partial charge in [0.25, 0.3) is 17.7 Å². The maximum Gasteiger partial charge on any atom is 0.261 e. The number of nitrogens with one attached hydrogen (secondary N) is 1. The summed E-state index contributed by atoms with van der Waals surface area (Å²) in [6.45, 7) is 6.35. The molecule has 2 aromatic carbocycles. The lowest BCUT2D eigenvalue weighted by Gasteiger charge is -2.12. The van der Waals surface area contributed by atoms with Crippen LogP contribution in [0, 0.1) is 13.8 Å². The van der Waals surface area contributed by atoms with E-state index in [1.165, 1.54) is 11.0 Å². The Bertz CT molecular complexity index is 882. The number of imide groups is 1. The molecule has 1 aliphatic rings. The summed E-state index contributed by atoms with van der Waals surface area (Å²) in [6, 6.07) is 10.5. The average molecular weight is 350 g/mol. The van der Waals surface area contributed by atoms with Crippen LogP contribution in [0.25, 0.3) is 0 Å². The first kappa shape index (κ1) is 17.9. The average Bonchev–Trinajstić information content (AvgIpc) is 2.82. The molecule has 0 atom stereocenters. The molecule has 0 aromatic heterocycles. The minimum absolute atomic E-state index is 0.278. The van der Waals surface area contributed by atoms with Crippen LogP contribution in [0.2, 0.25) is 0 Å². The molecule has 1 N–H and O–H groups in total. The highest BCUT2D eigenvalue weighted by atomic mass is 16.2. The molecule has 5 nitrogen and oxygen atoms in total. The summed E-state index contributed by atoms with van der Waals surface area (Å²) in [5.41, 5.74) is 3.86. The molecule has 0 saturated heterocycles. The monoisotopic (exact) mass is 350 g/mol. The standard InChI is InChI=1S/C21H22N2O3/c1-4-5-8-23-20(25)17-7-6-15(12-18(17)21(23)26)19(24)22-16-10-13(2)9-14(3)11-16/h6-7,9-12H,4-5,8H2,1-3H3,(H,22,24). The van der Waals surface area contributed by atoms with Crippen LogP contribution in [0.3, 0.4) is 0 Å². The first-order valence-corrected chi connectivity index (χ1v) is 8.80. The van der Waals surface area contributed by atoms with Gasteiger partial charge in [-0.25, -0.2) is 0 Å². The lowest BCUT2D eigenvalue weighted by molar-refractivity contribution is 0.0652. The predicted molar refractivity (Wildman–Crippen MR) is 101 cm³/mol. The summed E-state index contributed by atoms with van der Waals surface area (Å²) >= 11 is 0. The van der Waals surface area contributed by atoms with Crippen LogP contribution >= 0.6 is 0 Å². The molecule has 26 heavy (non-hydrogen) atoms. The highest BCUT2D eigenvalue weighted by Crippen LogP contribution is 2.25. The highest BCUT2D eigenvalue weighted by molar-refractivity contribution is 6.22. The molecule has 0 spiro atoms. The van der Waals surface area contributed by atoms with Gasteiger partial charge in [-0.2, -0.15) is 0 Å². The van der Waals surface area contributed by atoms with Crippen LogP contribution < -0.4 is 5.32 Å². The Morgan fingerprint density at radius 2 is 1.62 bits per heavy atom. The lowest BCUT2D eigenvalue weighted by atomic mass is 10.0. The van der Waals surface area contributed by atoms with Crippen molar-refractivity contribution in [2.24, 2.45) is 0 Å². The molecule has 1 heterocycles. The normalized spacial score (nSPS) is 13.1. The van der Waals surface area contributed by atoms with Crippen LogP contribution in [-0.2, 0) is 0 Å². The number of unbranched alkanes of at least 4 members (excludes halogenated alkanes) is 1. The molecule has 0 saturated carbocycles. The Morgan fingerprint density at radius 3 is 2.27 bits per heavy atom. The van der Waals surface area contributed by atoms with E-state index in [1.807, 2.05) is 39.0 Å². The number of rotatable bonds is 5. The van der Waals surface area contributed by atoms with Crippen molar-refractivity contribution in [3.8, 4) is 0 Å². The molecule has 0 fully saturated rings. The molecule has 0 radical (unpaired) electrons. The Hall–Kier alpha value is -2.95. The molecule has 0 unspecified atom stereocenters. The van der Waals surface area contributed by atoms with Gasteiger partial charge < -0.3 is 5.32 Å². The van der Waals surface area contributed by atoms with Gasteiger partial charge in [0.15, 0.2) is 0 Å². The van der Waals surface area contributed by atoms with Gasteiger partial charge in [0.05, 0.1) is 11.1 Å². The van der Waals surface area contributed by atoms with Gasteiger partial charge in [-0.1, -0.05) is 19.4 Å². The Morgan fingerprint density at radius 1 is 0.962 bits per heavy atom. The van der Waals surface area contributed by atoms with Gasteiger partial charge in [-0.3, -0.25) is 19.3 Å². The van der Waals surface area contributed by atoms with E-state index in [1.54, 1.807) is 12.1 Å². The van der Waals surface area contributed by atoms with E-state index in [-0.39, 0.29) is 17.7 Å². The number of carbonyl (C=O) groups excluding carboxylic acids is 3. The molecule has 2 aromatic rings. The van der Waals surface area contributed by atoms with Gasteiger partial charge in [0.2, 0.25) is 0 Å². The maximum absolute atomic E-state index is 12.6. The maximum atomic E-state index is 12.6. The third-order valence-corrected chi connectivity index (χ3v) is 4.45. The predicted octanol–water partition coefficient (Wildman–Crippen LogP) is 3.95. The van der Waals surface area contributed by atoms with Crippen LogP contribution in [0.15, 0.2) is 36.4 Å². The number of nitrogens with zero attached hydrogens (tertiary/aromatic N) is 1. The molecule has 3 rings (SSSR count). The van der Waals surface area contributed by atoms with Crippen LogP contribution in [0.4, 0.5) is 5.69 Å². The molecular weight excluding hydrogens is 328 g/mol. The van der Waals surface area contributed by atoms with E-state index >= 15 is 0 Å². The molecule has 1 aliphatic heterocycles. The van der Waals surface area contributed by atoms with Crippen molar-refractivity contribution in [1.29, 1.82) is 0 Å². The number of anilines is 1. The smallest absolute Gasteiger partial charge is 0.261 e. The Kier molecular flexibility index (Phi) is 4.89. The number of amides is 3. The molecule has 5 heteroatoms.